The number of carbonyl (C=O) groups excluding carboxylic acids is 3. The molecule has 0 aromatic heterocycles. The molecule has 1 aromatic rings. The summed E-state index contributed by atoms with van der Waals surface area (Å²) in [5, 5.41) is 2.77. The van der Waals surface area contributed by atoms with Gasteiger partial charge in [0.05, 0.1) is 11.4 Å². The number of para-hydroxylation sites is 2. The van der Waals surface area contributed by atoms with Gasteiger partial charge in [-0.05, 0) is 37.8 Å². The van der Waals surface area contributed by atoms with Gasteiger partial charge in [0.25, 0.3) is 0 Å². The van der Waals surface area contributed by atoms with Crippen LogP contribution in [0.5, 0.6) is 0 Å². The van der Waals surface area contributed by atoms with Crippen molar-refractivity contribution in [1.82, 2.24) is 4.90 Å². The average molecular weight is 343 g/mol. The highest BCUT2D eigenvalue weighted by atomic mass is 16.2. The topological polar surface area (TPSA) is 69.7 Å². The molecule has 0 spiro atoms. The lowest BCUT2D eigenvalue weighted by atomic mass is 9.99. The van der Waals surface area contributed by atoms with Gasteiger partial charge in [-0.1, -0.05) is 19.1 Å². The van der Waals surface area contributed by atoms with Crippen molar-refractivity contribution in [1.29, 1.82) is 0 Å². The molecular formula is C19H25N3O3. The molecule has 0 radical (unpaired) electrons. The molecular weight excluding hydrogens is 318 g/mol. The molecule has 2 aliphatic heterocycles. The molecule has 3 rings (SSSR count). The third kappa shape index (κ3) is 3.83. The number of nitrogens with zero attached hydrogens (tertiary/aromatic N) is 2. The van der Waals surface area contributed by atoms with Crippen LogP contribution < -0.4 is 10.2 Å². The molecule has 6 nitrogen and oxygen atoms in total. The Morgan fingerprint density at radius 2 is 1.92 bits per heavy atom. The molecule has 0 aliphatic carbocycles. The number of hydrogen-bond acceptors (Lipinski definition) is 3. The number of nitrogens with one attached hydrogen (secondary N) is 1. The molecule has 1 atom stereocenters. The van der Waals surface area contributed by atoms with Crippen molar-refractivity contribution < 1.29 is 14.4 Å². The molecule has 1 N–H and O–H groups in total. The Kier molecular flexibility index (Phi) is 5.36. The standard InChI is InChI=1S/C19H25N3O3/c1-2-14-7-5-6-12-21(14)18(24)10-11-19(25)22-13-17(23)20-15-8-3-4-9-16(15)22/h3-4,8-9,14H,2,5-7,10-13H2,1H3,(H,20,23). The van der Waals surface area contributed by atoms with Crippen LogP contribution in [-0.4, -0.2) is 41.8 Å². The van der Waals surface area contributed by atoms with Crippen molar-refractivity contribution >= 4 is 29.1 Å². The Morgan fingerprint density at radius 3 is 2.72 bits per heavy atom. The molecule has 1 aromatic carbocycles. The van der Waals surface area contributed by atoms with E-state index in [-0.39, 0.29) is 37.1 Å². The van der Waals surface area contributed by atoms with E-state index in [1.165, 1.54) is 11.3 Å². The minimum absolute atomic E-state index is 0.00529. The first-order chi connectivity index (χ1) is 12.1. The van der Waals surface area contributed by atoms with Crippen LogP contribution in [0.3, 0.4) is 0 Å². The summed E-state index contributed by atoms with van der Waals surface area (Å²) in [5.74, 6) is -0.337. The predicted molar refractivity (Wildman–Crippen MR) is 96.3 cm³/mol. The van der Waals surface area contributed by atoms with Crippen molar-refractivity contribution in [3.8, 4) is 0 Å². The van der Waals surface area contributed by atoms with E-state index in [1.54, 1.807) is 6.07 Å². The summed E-state index contributed by atoms with van der Waals surface area (Å²) < 4.78 is 0. The first kappa shape index (κ1) is 17.5. The molecule has 1 unspecified atom stereocenters. The molecule has 134 valence electrons. The van der Waals surface area contributed by atoms with Crippen LogP contribution in [0.1, 0.15) is 45.4 Å². The van der Waals surface area contributed by atoms with Gasteiger partial charge in [-0.2, -0.15) is 0 Å². The van der Waals surface area contributed by atoms with Crippen LogP contribution in [-0.2, 0) is 14.4 Å². The number of hydrogen-bond donors (Lipinski definition) is 1. The third-order valence-electron chi connectivity index (χ3n) is 5.04. The fourth-order valence-electron chi connectivity index (χ4n) is 3.70. The van der Waals surface area contributed by atoms with Crippen LogP contribution >= 0.6 is 0 Å². The monoisotopic (exact) mass is 343 g/mol. The Balaban J connectivity index is 1.63. The molecule has 0 bridgehead atoms. The number of fused-ring (bicyclic) bond motifs is 1. The van der Waals surface area contributed by atoms with E-state index in [1.807, 2.05) is 23.1 Å². The van der Waals surface area contributed by atoms with E-state index < -0.39 is 0 Å². The quantitative estimate of drug-likeness (QED) is 0.913. The van der Waals surface area contributed by atoms with E-state index in [0.717, 1.165) is 25.8 Å². The smallest absolute Gasteiger partial charge is 0.244 e. The summed E-state index contributed by atoms with van der Waals surface area (Å²) in [7, 11) is 0. The lowest BCUT2D eigenvalue weighted by Crippen LogP contribution is -2.45. The second kappa shape index (κ2) is 7.68. The van der Waals surface area contributed by atoms with E-state index >= 15 is 0 Å². The first-order valence-electron chi connectivity index (χ1n) is 9.09. The number of benzene rings is 1. The number of rotatable bonds is 4. The molecule has 2 heterocycles. The van der Waals surface area contributed by atoms with Gasteiger partial charge < -0.3 is 15.1 Å². The maximum absolute atomic E-state index is 12.6. The largest absolute Gasteiger partial charge is 0.340 e. The number of anilines is 2. The molecule has 6 heteroatoms. The van der Waals surface area contributed by atoms with Crippen molar-refractivity contribution in [3.63, 3.8) is 0 Å². The van der Waals surface area contributed by atoms with Gasteiger partial charge in [-0.3, -0.25) is 14.4 Å². The second-order valence-electron chi connectivity index (χ2n) is 6.69. The minimum atomic E-state index is -0.208. The van der Waals surface area contributed by atoms with E-state index in [0.29, 0.717) is 17.4 Å². The summed E-state index contributed by atoms with van der Waals surface area (Å²) in [4.78, 5) is 40.4. The highest BCUT2D eigenvalue weighted by Crippen LogP contribution is 2.29. The zero-order valence-corrected chi connectivity index (χ0v) is 14.7. The van der Waals surface area contributed by atoms with E-state index in [2.05, 4.69) is 12.2 Å². The summed E-state index contributed by atoms with van der Waals surface area (Å²) in [6, 6.07) is 7.54. The second-order valence-corrected chi connectivity index (χ2v) is 6.69. The van der Waals surface area contributed by atoms with Gasteiger partial charge in [0, 0.05) is 25.4 Å². The Labute approximate surface area is 148 Å². The highest BCUT2D eigenvalue weighted by Gasteiger charge is 2.29. The van der Waals surface area contributed by atoms with Gasteiger partial charge in [-0.15, -0.1) is 0 Å². The molecule has 1 saturated heterocycles. The van der Waals surface area contributed by atoms with Crippen LogP contribution in [0.25, 0.3) is 0 Å². The maximum atomic E-state index is 12.6. The lowest BCUT2D eigenvalue weighted by molar-refractivity contribution is -0.136. The maximum Gasteiger partial charge on any atom is 0.244 e. The minimum Gasteiger partial charge on any atom is -0.340 e. The van der Waals surface area contributed by atoms with E-state index in [9.17, 15) is 14.4 Å². The fourth-order valence-corrected chi connectivity index (χ4v) is 3.70. The fraction of sp³-hybridized carbons (Fsp3) is 0.526. The average Bonchev–Trinajstić information content (AvgIpc) is 2.65. The van der Waals surface area contributed by atoms with Crippen LogP contribution in [0, 0.1) is 0 Å². The number of piperidine rings is 1. The van der Waals surface area contributed by atoms with Gasteiger partial charge >= 0.3 is 0 Å². The summed E-state index contributed by atoms with van der Waals surface area (Å²) in [6.07, 6.45) is 4.55. The third-order valence-corrected chi connectivity index (χ3v) is 5.04. The Morgan fingerprint density at radius 1 is 1.16 bits per heavy atom. The van der Waals surface area contributed by atoms with Crippen molar-refractivity contribution in [2.45, 2.75) is 51.5 Å². The van der Waals surface area contributed by atoms with Crippen LogP contribution in [0.15, 0.2) is 24.3 Å². The van der Waals surface area contributed by atoms with Crippen molar-refractivity contribution in [3.05, 3.63) is 24.3 Å². The van der Waals surface area contributed by atoms with Crippen molar-refractivity contribution in [2.75, 3.05) is 23.3 Å². The molecule has 25 heavy (non-hydrogen) atoms. The molecule has 3 amide bonds. The van der Waals surface area contributed by atoms with Gasteiger partial charge in [0.2, 0.25) is 17.7 Å². The van der Waals surface area contributed by atoms with Crippen LogP contribution in [0.2, 0.25) is 0 Å². The Bertz CT molecular complexity index is 674. The summed E-state index contributed by atoms with van der Waals surface area (Å²) >= 11 is 0. The van der Waals surface area contributed by atoms with Crippen LogP contribution in [0.4, 0.5) is 11.4 Å². The number of carbonyl (C=O) groups is 3. The SMILES string of the molecule is CCC1CCCCN1C(=O)CCC(=O)N1CC(=O)Nc2ccccc21. The lowest BCUT2D eigenvalue weighted by Gasteiger charge is -2.35. The van der Waals surface area contributed by atoms with E-state index in [4.69, 9.17) is 0 Å². The summed E-state index contributed by atoms with van der Waals surface area (Å²) in [6.45, 7) is 2.90. The molecule has 2 aliphatic rings. The molecule has 0 saturated carbocycles. The number of amides is 3. The summed E-state index contributed by atoms with van der Waals surface area (Å²) in [5.41, 5.74) is 1.34. The van der Waals surface area contributed by atoms with Gasteiger partial charge in [0.1, 0.15) is 6.54 Å². The zero-order chi connectivity index (χ0) is 17.8. The normalized spacial score (nSPS) is 20.0. The van der Waals surface area contributed by atoms with Gasteiger partial charge in [-0.25, -0.2) is 0 Å². The number of likely N-dealkylation sites (tertiary alicyclic amines) is 1. The highest BCUT2D eigenvalue weighted by molar-refractivity contribution is 6.10. The van der Waals surface area contributed by atoms with Crippen molar-refractivity contribution in [2.24, 2.45) is 0 Å². The predicted octanol–water partition coefficient (Wildman–Crippen LogP) is 2.54. The van der Waals surface area contributed by atoms with Gasteiger partial charge in [0.15, 0.2) is 0 Å². The first-order valence-corrected chi connectivity index (χ1v) is 9.09. The zero-order valence-electron chi connectivity index (χ0n) is 14.7. The Hall–Kier alpha value is -2.37. The molecule has 1 fully saturated rings.